The maximum absolute atomic E-state index is 13.8. The molecule has 9 nitrogen and oxygen atoms in total. The first-order valence-electron chi connectivity index (χ1n) is 12.7. The summed E-state index contributed by atoms with van der Waals surface area (Å²) in [5.74, 6) is -2.73. The number of para-hydroxylation sites is 1. The lowest BCUT2D eigenvalue weighted by molar-refractivity contribution is -0.123. The van der Waals surface area contributed by atoms with Gasteiger partial charge in [0, 0.05) is 36.0 Å². The highest BCUT2D eigenvalue weighted by Crippen LogP contribution is 2.57. The molecule has 0 spiro atoms. The van der Waals surface area contributed by atoms with E-state index in [2.05, 4.69) is 10.6 Å². The summed E-state index contributed by atoms with van der Waals surface area (Å²) in [6, 6.07) is 7.56. The zero-order valence-corrected chi connectivity index (χ0v) is 22.8. The minimum absolute atomic E-state index is 0.0279. The second-order valence-corrected chi connectivity index (χ2v) is 10.4. The van der Waals surface area contributed by atoms with E-state index in [1.54, 1.807) is 6.92 Å². The highest BCUT2D eigenvalue weighted by Gasteiger charge is 2.56. The van der Waals surface area contributed by atoms with Crippen molar-refractivity contribution in [2.75, 3.05) is 11.9 Å². The number of fused-ring (bicyclic) bond motifs is 3. The van der Waals surface area contributed by atoms with Crippen LogP contribution in [0, 0.1) is 6.92 Å². The first-order chi connectivity index (χ1) is 18.3. The third-order valence-corrected chi connectivity index (χ3v) is 7.36. The second-order valence-electron chi connectivity index (χ2n) is 10.4. The Bertz CT molecular complexity index is 1500. The second kappa shape index (κ2) is 10.1. The summed E-state index contributed by atoms with van der Waals surface area (Å²) in [6.07, 6.45) is 1.25. The van der Waals surface area contributed by atoms with Crippen molar-refractivity contribution >= 4 is 28.9 Å². The Morgan fingerprint density at radius 1 is 1.08 bits per heavy atom. The fourth-order valence-electron chi connectivity index (χ4n) is 5.14. The zero-order valence-electron chi connectivity index (χ0n) is 22.8. The van der Waals surface area contributed by atoms with Crippen molar-refractivity contribution < 1.29 is 34.1 Å². The molecular formula is C30H32N2O7. The largest absolute Gasteiger partial charge is 0.507 e. The van der Waals surface area contributed by atoms with E-state index in [0.717, 1.165) is 17.3 Å². The molecule has 0 saturated heterocycles. The molecular weight excluding hydrogens is 500 g/mol. The summed E-state index contributed by atoms with van der Waals surface area (Å²) in [6.45, 7) is 9.98. The van der Waals surface area contributed by atoms with Crippen molar-refractivity contribution in [1.82, 2.24) is 5.32 Å². The SMILES string of the molecule is CC(=O)c1c(O)c(C)c(O)c2c1OC1=CC(=O)C(=C(C)NCCC(=O)Nc3ccccc3C(C)C)C(=O)C12C. The van der Waals surface area contributed by atoms with E-state index < -0.39 is 28.5 Å². The number of hydrogen-bond donors (Lipinski definition) is 4. The maximum Gasteiger partial charge on any atom is 0.226 e. The first-order valence-corrected chi connectivity index (χ1v) is 12.7. The van der Waals surface area contributed by atoms with Gasteiger partial charge in [0.2, 0.25) is 5.91 Å². The molecule has 1 aliphatic heterocycles. The highest BCUT2D eigenvalue weighted by atomic mass is 16.5. The Kier molecular flexibility index (Phi) is 7.12. The molecule has 0 bridgehead atoms. The number of carbonyl (C=O) groups is 4. The molecule has 2 aliphatic rings. The summed E-state index contributed by atoms with van der Waals surface area (Å²) in [4.78, 5) is 51.8. The molecule has 0 fully saturated rings. The number of anilines is 1. The van der Waals surface area contributed by atoms with Gasteiger partial charge in [-0.3, -0.25) is 19.2 Å². The predicted octanol–water partition coefficient (Wildman–Crippen LogP) is 4.31. The molecule has 39 heavy (non-hydrogen) atoms. The van der Waals surface area contributed by atoms with Gasteiger partial charge < -0.3 is 25.6 Å². The van der Waals surface area contributed by atoms with Gasteiger partial charge in [-0.05, 0) is 45.2 Å². The van der Waals surface area contributed by atoms with Crippen molar-refractivity contribution in [3.63, 3.8) is 0 Å². The van der Waals surface area contributed by atoms with Crippen LogP contribution < -0.4 is 15.4 Å². The summed E-state index contributed by atoms with van der Waals surface area (Å²) in [5.41, 5.74) is 0.186. The lowest BCUT2D eigenvalue weighted by atomic mass is 9.70. The van der Waals surface area contributed by atoms with Crippen LogP contribution in [0.4, 0.5) is 5.69 Å². The molecule has 204 valence electrons. The average Bonchev–Trinajstić information content (AvgIpc) is 3.15. The van der Waals surface area contributed by atoms with Crippen LogP contribution in [-0.4, -0.2) is 40.0 Å². The number of aromatic hydroxyl groups is 2. The fraction of sp³-hybridized carbons (Fsp3) is 0.333. The first kappa shape index (κ1) is 27.6. The minimum atomic E-state index is -1.59. The van der Waals surface area contributed by atoms with Gasteiger partial charge in [0.1, 0.15) is 34.0 Å². The normalized spacial score (nSPS) is 19.2. The monoisotopic (exact) mass is 532 g/mol. The molecule has 1 heterocycles. The molecule has 0 saturated carbocycles. The number of hydrogen-bond acceptors (Lipinski definition) is 8. The van der Waals surface area contributed by atoms with Gasteiger partial charge in [-0.25, -0.2) is 0 Å². The molecule has 4 rings (SSSR count). The number of phenolic OH excluding ortho intramolecular Hbond substituents is 2. The molecule has 4 N–H and O–H groups in total. The molecule has 2 aromatic carbocycles. The maximum atomic E-state index is 13.8. The summed E-state index contributed by atoms with van der Waals surface area (Å²) in [7, 11) is 0. The molecule has 1 unspecified atom stereocenters. The average molecular weight is 533 g/mol. The van der Waals surface area contributed by atoms with Crippen LogP contribution in [0.15, 0.2) is 47.4 Å². The highest BCUT2D eigenvalue weighted by molar-refractivity contribution is 6.31. The number of allylic oxidation sites excluding steroid dienone is 4. The van der Waals surface area contributed by atoms with E-state index in [1.807, 2.05) is 38.1 Å². The molecule has 1 aliphatic carbocycles. The predicted molar refractivity (Wildman–Crippen MR) is 145 cm³/mol. The Balaban J connectivity index is 1.59. The van der Waals surface area contributed by atoms with Crippen LogP contribution in [0.3, 0.4) is 0 Å². The lowest BCUT2D eigenvalue weighted by Crippen LogP contribution is -2.41. The van der Waals surface area contributed by atoms with Gasteiger partial charge in [-0.15, -0.1) is 0 Å². The van der Waals surface area contributed by atoms with Gasteiger partial charge in [0.15, 0.2) is 17.3 Å². The Hall–Kier alpha value is -4.40. The van der Waals surface area contributed by atoms with Gasteiger partial charge in [-0.2, -0.15) is 0 Å². The van der Waals surface area contributed by atoms with Crippen LogP contribution in [0.25, 0.3) is 0 Å². The van der Waals surface area contributed by atoms with Crippen molar-refractivity contribution in [3.8, 4) is 17.2 Å². The topological polar surface area (TPSA) is 142 Å². The van der Waals surface area contributed by atoms with E-state index in [-0.39, 0.29) is 70.0 Å². The Morgan fingerprint density at radius 3 is 2.38 bits per heavy atom. The van der Waals surface area contributed by atoms with E-state index >= 15 is 0 Å². The number of ketones is 3. The number of benzene rings is 2. The summed E-state index contributed by atoms with van der Waals surface area (Å²) < 4.78 is 5.77. The molecule has 0 aromatic heterocycles. The zero-order chi connectivity index (χ0) is 28.8. The smallest absolute Gasteiger partial charge is 0.226 e. The van der Waals surface area contributed by atoms with E-state index in [4.69, 9.17) is 4.74 Å². The van der Waals surface area contributed by atoms with Crippen molar-refractivity contribution in [1.29, 1.82) is 0 Å². The van der Waals surface area contributed by atoms with Gasteiger partial charge in [0.25, 0.3) is 0 Å². The van der Waals surface area contributed by atoms with E-state index in [1.165, 1.54) is 20.8 Å². The van der Waals surface area contributed by atoms with E-state index in [9.17, 15) is 29.4 Å². The van der Waals surface area contributed by atoms with Crippen molar-refractivity contribution in [2.24, 2.45) is 0 Å². The third-order valence-electron chi connectivity index (χ3n) is 7.36. The standard InChI is InChI=1S/C30H32N2O7/c1-14(2)18-9-7-8-10-19(18)32-22(35)11-12-31-16(4)23-20(34)13-21-30(6,29(23)38)25-27(37)15(3)26(36)24(17(5)33)28(25)39-21/h7-10,13-14,31,36-37H,11-12H2,1-6H3,(H,32,35). The van der Waals surface area contributed by atoms with Crippen LogP contribution in [0.2, 0.25) is 0 Å². The number of nitrogens with one attached hydrogen (secondary N) is 2. The lowest BCUT2D eigenvalue weighted by Gasteiger charge is -2.29. The van der Waals surface area contributed by atoms with Crippen molar-refractivity contribution in [3.05, 3.63) is 69.6 Å². The minimum Gasteiger partial charge on any atom is -0.507 e. The van der Waals surface area contributed by atoms with Crippen LogP contribution in [0.1, 0.15) is 74.0 Å². The van der Waals surface area contributed by atoms with Crippen LogP contribution in [-0.2, 0) is 19.8 Å². The Morgan fingerprint density at radius 2 is 1.74 bits per heavy atom. The number of carbonyl (C=O) groups excluding carboxylic acids is 4. The fourth-order valence-corrected chi connectivity index (χ4v) is 5.14. The molecule has 1 atom stereocenters. The van der Waals surface area contributed by atoms with E-state index in [0.29, 0.717) is 0 Å². The molecule has 1 amide bonds. The summed E-state index contributed by atoms with van der Waals surface area (Å²) >= 11 is 0. The van der Waals surface area contributed by atoms with Crippen LogP contribution in [0.5, 0.6) is 17.2 Å². The molecule has 2 aromatic rings. The van der Waals surface area contributed by atoms with Crippen LogP contribution >= 0.6 is 0 Å². The number of ether oxygens (including phenoxy) is 1. The molecule has 9 heteroatoms. The summed E-state index contributed by atoms with van der Waals surface area (Å²) in [5, 5.41) is 27.3. The van der Waals surface area contributed by atoms with Gasteiger partial charge >= 0.3 is 0 Å². The quantitative estimate of drug-likeness (QED) is 0.235. The Labute approximate surface area is 226 Å². The van der Waals surface area contributed by atoms with Gasteiger partial charge in [-0.1, -0.05) is 32.0 Å². The number of amides is 1. The number of rotatable bonds is 7. The number of Topliss-reactive ketones (excluding diaryl/α,β-unsaturated/α-hetero) is 2. The third kappa shape index (κ3) is 4.47. The number of phenols is 2. The van der Waals surface area contributed by atoms with Gasteiger partial charge in [0.05, 0.1) is 11.1 Å². The molecule has 0 radical (unpaired) electrons. The van der Waals surface area contributed by atoms with Crippen molar-refractivity contribution in [2.45, 2.75) is 59.3 Å².